The molecule has 0 N–H and O–H groups in total. The molecule has 1 aliphatic heterocycles. The molecule has 1 amide bonds. The van der Waals surface area contributed by atoms with Crippen LogP contribution in [0.3, 0.4) is 0 Å². The van der Waals surface area contributed by atoms with Gasteiger partial charge in [-0.25, -0.2) is 13.2 Å². The van der Waals surface area contributed by atoms with Crippen LogP contribution in [0.1, 0.15) is 32.0 Å². The molecule has 1 aliphatic rings. The Hall–Kier alpha value is -3.26. The lowest BCUT2D eigenvalue weighted by atomic mass is 10.0. The molecule has 0 saturated carbocycles. The summed E-state index contributed by atoms with van der Waals surface area (Å²) in [5, 5.41) is 0.928. The summed E-state index contributed by atoms with van der Waals surface area (Å²) in [6.45, 7) is 11.1. The van der Waals surface area contributed by atoms with Crippen LogP contribution in [0.2, 0.25) is 0 Å². The summed E-state index contributed by atoms with van der Waals surface area (Å²) in [5.41, 5.74) is 3.13. The van der Waals surface area contributed by atoms with Crippen molar-refractivity contribution in [3.8, 4) is 0 Å². The Kier molecular flexibility index (Phi) is 6.20. The number of nitrogens with zero attached hydrogens (tertiary/aromatic N) is 3. The number of hydrogen-bond acceptors (Lipinski definition) is 4. The maximum atomic E-state index is 13.2. The summed E-state index contributed by atoms with van der Waals surface area (Å²) in [6, 6.07) is 14.0. The smallest absolute Gasteiger partial charge is 0.410 e. The predicted octanol–water partition coefficient (Wildman–Crippen LogP) is 4.95. The lowest BCUT2D eigenvalue weighted by Gasteiger charge is -2.30. The predicted molar refractivity (Wildman–Crippen MR) is 135 cm³/mol. The molecular formula is C26H31N3O4S. The van der Waals surface area contributed by atoms with Crippen molar-refractivity contribution in [1.29, 1.82) is 0 Å². The van der Waals surface area contributed by atoms with Crippen molar-refractivity contribution < 1.29 is 17.9 Å². The van der Waals surface area contributed by atoms with Crippen LogP contribution in [-0.4, -0.2) is 43.2 Å². The van der Waals surface area contributed by atoms with Gasteiger partial charge in [-0.05, 0) is 51.1 Å². The third-order valence-electron chi connectivity index (χ3n) is 5.97. The molecule has 0 saturated heterocycles. The van der Waals surface area contributed by atoms with Crippen molar-refractivity contribution in [2.45, 2.75) is 50.8 Å². The summed E-state index contributed by atoms with van der Waals surface area (Å²) >= 11 is 0. The number of amides is 1. The fourth-order valence-corrected chi connectivity index (χ4v) is 5.55. The molecule has 4 rings (SSSR count). The normalized spacial score (nSPS) is 14.1. The first-order valence-electron chi connectivity index (χ1n) is 11.3. The van der Waals surface area contributed by atoms with E-state index in [4.69, 9.17) is 4.74 Å². The number of sulfonamides is 1. The van der Waals surface area contributed by atoms with Crippen molar-refractivity contribution in [2.75, 3.05) is 17.9 Å². The molecule has 0 bridgehead atoms. The Bertz CT molecular complexity index is 1340. The van der Waals surface area contributed by atoms with Gasteiger partial charge in [0.25, 0.3) is 10.0 Å². The topological polar surface area (TPSA) is 71.9 Å². The molecule has 34 heavy (non-hydrogen) atoms. The summed E-state index contributed by atoms with van der Waals surface area (Å²) < 4.78 is 35.4. The zero-order valence-electron chi connectivity index (χ0n) is 20.1. The number of hydrogen-bond donors (Lipinski definition) is 0. The molecule has 0 fully saturated rings. The van der Waals surface area contributed by atoms with E-state index in [0.717, 1.165) is 22.2 Å². The zero-order chi connectivity index (χ0) is 24.7. The molecule has 8 heteroatoms. The van der Waals surface area contributed by atoms with Gasteiger partial charge in [-0.15, -0.1) is 6.58 Å². The van der Waals surface area contributed by atoms with Crippen LogP contribution in [0.25, 0.3) is 10.9 Å². The molecule has 180 valence electrons. The number of rotatable bonds is 5. The first-order chi connectivity index (χ1) is 16.0. The van der Waals surface area contributed by atoms with Crippen molar-refractivity contribution >= 4 is 32.7 Å². The van der Waals surface area contributed by atoms with E-state index < -0.39 is 15.6 Å². The molecule has 0 unspecified atom stereocenters. The Balaban J connectivity index is 1.76. The van der Waals surface area contributed by atoms with Gasteiger partial charge in [0.05, 0.1) is 17.1 Å². The zero-order valence-corrected chi connectivity index (χ0v) is 20.9. The summed E-state index contributed by atoms with van der Waals surface area (Å²) in [5.74, 6) is 0. The average Bonchev–Trinajstić information content (AvgIpc) is 3.10. The average molecular weight is 482 g/mol. The summed E-state index contributed by atoms with van der Waals surface area (Å²) in [6.07, 6.45) is 2.19. The minimum absolute atomic E-state index is 0.236. The van der Waals surface area contributed by atoms with Crippen LogP contribution in [0.15, 0.2) is 66.1 Å². The van der Waals surface area contributed by atoms with Crippen LogP contribution in [-0.2, 0) is 34.3 Å². The Morgan fingerprint density at radius 1 is 1.18 bits per heavy atom. The Morgan fingerprint density at radius 2 is 1.88 bits per heavy atom. The molecule has 0 aliphatic carbocycles. The summed E-state index contributed by atoms with van der Waals surface area (Å²) in [4.78, 5) is 14.7. The van der Waals surface area contributed by atoms with E-state index in [1.165, 1.54) is 4.31 Å². The van der Waals surface area contributed by atoms with Crippen molar-refractivity contribution in [2.24, 2.45) is 0 Å². The highest BCUT2D eigenvalue weighted by Crippen LogP contribution is 2.35. The largest absolute Gasteiger partial charge is 0.444 e. The number of carbonyl (C=O) groups excluding carboxylic acids is 1. The van der Waals surface area contributed by atoms with Gasteiger partial charge < -0.3 is 14.2 Å². The van der Waals surface area contributed by atoms with Gasteiger partial charge in [-0.2, -0.15) is 0 Å². The van der Waals surface area contributed by atoms with Crippen molar-refractivity contribution in [3.63, 3.8) is 0 Å². The maximum absolute atomic E-state index is 13.2. The van der Waals surface area contributed by atoms with Gasteiger partial charge in [0.1, 0.15) is 5.60 Å². The van der Waals surface area contributed by atoms with Crippen LogP contribution < -0.4 is 4.31 Å². The highest BCUT2D eigenvalue weighted by molar-refractivity contribution is 7.92. The number of anilines is 1. The van der Waals surface area contributed by atoms with Gasteiger partial charge >= 0.3 is 6.09 Å². The fraction of sp³-hybridized carbons (Fsp3) is 0.346. The van der Waals surface area contributed by atoms with E-state index in [-0.39, 0.29) is 11.0 Å². The van der Waals surface area contributed by atoms with E-state index in [1.807, 2.05) is 45.0 Å². The number of benzene rings is 2. The van der Waals surface area contributed by atoms with E-state index in [0.29, 0.717) is 31.7 Å². The quantitative estimate of drug-likeness (QED) is 0.484. The van der Waals surface area contributed by atoms with Gasteiger partial charge in [0.2, 0.25) is 0 Å². The van der Waals surface area contributed by atoms with Gasteiger partial charge in [-0.1, -0.05) is 24.3 Å². The first kappa shape index (κ1) is 23.9. The molecule has 2 aromatic carbocycles. The molecular weight excluding hydrogens is 450 g/mol. The number of carbonyl (C=O) groups is 1. The van der Waals surface area contributed by atoms with Crippen LogP contribution in [0, 0.1) is 0 Å². The molecule has 0 spiro atoms. The molecule has 0 radical (unpaired) electrons. The highest BCUT2D eigenvalue weighted by Gasteiger charge is 2.30. The summed E-state index contributed by atoms with van der Waals surface area (Å²) in [7, 11) is -2.14. The molecule has 0 atom stereocenters. The lowest BCUT2D eigenvalue weighted by Crippen LogP contribution is -2.40. The van der Waals surface area contributed by atoms with Crippen molar-refractivity contribution in [1.82, 2.24) is 9.47 Å². The number of aromatic nitrogens is 1. The minimum Gasteiger partial charge on any atom is -0.444 e. The second-order valence-electron chi connectivity index (χ2n) is 9.46. The lowest BCUT2D eigenvalue weighted by molar-refractivity contribution is 0.0223. The SMILES string of the molecule is C=CCn1c2c(c3cc(N(C)S(=O)(=O)c4ccccc4)ccc31)CN(C(=O)OC(C)(C)C)CC2. The van der Waals surface area contributed by atoms with E-state index in [9.17, 15) is 13.2 Å². The van der Waals surface area contributed by atoms with Crippen LogP contribution in [0.5, 0.6) is 0 Å². The standard InChI is InChI=1S/C26H31N3O4S/c1-6-15-29-23-13-12-19(27(5)34(31,32)20-10-8-7-9-11-20)17-21(23)22-18-28(16-14-24(22)29)25(30)33-26(2,3)4/h6-13,17H,1,14-16,18H2,2-5H3. The van der Waals surface area contributed by atoms with E-state index in [1.54, 1.807) is 42.3 Å². The molecule has 1 aromatic heterocycles. The second-order valence-corrected chi connectivity index (χ2v) is 11.4. The van der Waals surface area contributed by atoms with Gasteiger partial charge in [0, 0.05) is 48.7 Å². The van der Waals surface area contributed by atoms with Crippen LogP contribution in [0.4, 0.5) is 10.5 Å². The fourth-order valence-electron chi connectivity index (χ4n) is 4.34. The monoisotopic (exact) mass is 481 g/mol. The van der Waals surface area contributed by atoms with Crippen molar-refractivity contribution in [3.05, 3.63) is 72.4 Å². The second kappa shape index (κ2) is 8.83. The Morgan fingerprint density at radius 3 is 2.53 bits per heavy atom. The molecule has 7 nitrogen and oxygen atoms in total. The number of ether oxygens (including phenoxy) is 1. The van der Waals surface area contributed by atoms with Gasteiger partial charge in [-0.3, -0.25) is 4.31 Å². The van der Waals surface area contributed by atoms with E-state index >= 15 is 0 Å². The third kappa shape index (κ3) is 4.42. The Labute approximate surface area is 201 Å². The maximum Gasteiger partial charge on any atom is 0.410 e. The van der Waals surface area contributed by atoms with E-state index in [2.05, 4.69) is 11.1 Å². The third-order valence-corrected chi connectivity index (χ3v) is 7.77. The first-order valence-corrected chi connectivity index (χ1v) is 12.7. The molecule has 3 aromatic rings. The number of fused-ring (bicyclic) bond motifs is 3. The minimum atomic E-state index is -3.70. The number of allylic oxidation sites excluding steroid dienone is 1. The molecule has 2 heterocycles. The highest BCUT2D eigenvalue weighted by atomic mass is 32.2. The van der Waals surface area contributed by atoms with Crippen LogP contribution >= 0.6 is 0 Å². The van der Waals surface area contributed by atoms with Gasteiger partial charge in [0.15, 0.2) is 0 Å².